The molecular weight excluding hydrogens is 262 g/mol. The molecule has 114 valence electrons. The monoisotopic (exact) mass is 287 g/mol. The molecule has 1 saturated heterocycles. The van der Waals surface area contributed by atoms with E-state index < -0.39 is 0 Å². The highest BCUT2D eigenvalue weighted by Crippen LogP contribution is 2.21. The summed E-state index contributed by atoms with van der Waals surface area (Å²) >= 11 is 0. The maximum atomic E-state index is 12.7. The normalized spacial score (nSPS) is 21.9. The van der Waals surface area contributed by atoms with E-state index in [1.165, 1.54) is 11.1 Å². The van der Waals surface area contributed by atoms with Crippen molar-refractivity contribution in [2.45, 2.75) is 44.8 Å². The summed E-state index contributed by atoms with van der Waals surface area (Å²) in [5.41, 5.74) is 8.71. The lowest BCUT2D eigenvalue weighted by molar-refractivity contribution is -0.137. The molecule has 1 fully saturated rings. The number of rotatable bonds is 2. The summed E-state index contributed by atoms with van der Waals surface area (Å²) in [5.74, 6) is 0.265. The van der Waals surface area contributed by atoms with Crippen LogP contribution in [0.1, 0.15) is 30.9 Å². The van der Waals surface area contributed by atoms with Gasteiger partial charge in [0.1, 0.15) is 0 Å². The highest BCUT2D eigenvalue weighted by molar-refractivity contribution is 5.81. The van der Waals surface area contributed by atoms with Crippen LogP contribution in [0.5, 0.6) is 0 Å². The molecule has 1 aromatic rings. The number of benzene rings is 1. The molecule has 0 aliphatic carbocycles. The highest BCUT2D eigenvalue weighted by atomic mass is 16.2. The SMILES string of the molecule is CC(C(=O)N1CCC(N)CC1)N1CCc2ccccc2C1. The van der Waals surface area contributed by atoms with Gasteiger partial charge in [0.05, 0.1) is 6.04 Å². The van der Waals surface area contributed by atoms with E-state index in [1.807, 2.05) is 11.8 Å². The van der Waals surface area contributed by atoms with Crippen LogP contribution in [0.15, 0.2) is 24.3 Å². The fourth-order valence-electron chi connectivity index (χ4n) is 3.39. The second-order valence-electron chi connectivity index (χ2n) is 6.33. The number of fused-ring (bicyclic) bond motifs is 1. The van der Waals surface area contributed by atoms with Crippen LogP contribution in [0.25, 0.3) is 0 Å². The Morgan fingerprint density at radius 2 is 1.86 bits per heavy atom. The van der Waals surface area contributed by atoms with Crippen molar-refractivity contribution in [2.75, 3.05) is 19.6 Å². The molecule has 4 heteroatoms. The van der Waals surface area contributed by atoms with Crippen LogP contribution in [0, 0.1) is 0 Å². The van der Waals surface area contributed by atoms with E-state index in [0.29, 0.717) is 0 Å². The molecule has 4 nitrogen and oxygen atoms in total. The standard InChI is InChI=1S/C17H25N3O/c1-13(17(21)19-10-7-16(18)8-11-19)20-9-6-14-4-2-3-5-15(14)12-20/h2-5,13,16H,6-12,18H2,1H3. The summed E-state index contributed by atoms with van der Waals surface area (Å²) in [5, 5.41) is 0. The molecule has 3 rings (SSSR count). The zero-order valence-corrected chi connectivity index (χ0v) is 12.8. The summed E-state index contributed by atoms with van der Waals surface area (Å²) in [4.78, 5) is 17.0. The first-order valence-electron chi connectivity index (χ1n) is 8.00. The number of piperidine rings is 1. The molecule has 1 atom stereocenters. The van der Waals surface area contributed by atoms with E-state index in [0.717, 1.165) is 45.4 Å². The third-order valence-corrected chi connectivity index (χ3v) is 4.92. The van der Waals surface area contributed by atoms with Crippen molar-refractivity contribution in [3.8, 4) is 0 Å². The number of likely N-dealkylation sites (tertiary alicyclic amines) is 1. The summed E-state index contributed by atoms with van der Waals surface area (Å²) in [6, 6.07) is 8.80. The Bertz CT molecular complexity index is 509. The number of nitrogens with zero attached hydrogens (tertiary/aromatic N) is 2. The minimum Gasteiger partial charge on any atom is -0.341 e. The Hall–Kier alpha value is -1.39. The Balaban J connectivity index is 1.63. The molecule has 0 bridgehead atoms. The lowest BCUT2D eigenvalue weighted by atomic mass is 9.98. The van der Waals surface area contributed by atoms with Gasteiger partial charge in [-0.1, -0.05) is 24.3 Å². The molecule has 1 aromatic carbocycles. The van der Waals surface area contributed by atoms with Crippen LogP contribution in [0.2, 0.25) is 0 Å². The molecule has 2 N–H and O–H groups in total. The highest BCUT2D eigenvalue weighted by Gasteiger charge is 2.30. The minimum absolute atomic E-state index is 0.0346. The largest absolute Gasteiger partial charge is 0.341 e. The molecule has 2 aliphatic heterocycles. The van der Waals surface area contributed by atoms with Crippen LogP contribution < -0.4 is 5.73 Å². The number of nitrogens with two attached hydrogens (primary N) is 1. The first-order chi connectivity index (χ1) is 10.1. The average molecular weight is 287 g/mol. The minimum atomic E-state index is -0.0346. The lowest BCUT2D eigenvalue weighted by Crippen LogP contribution is -2.51. The van der Waals surface area contributed by atoms with E-state index >= 15 is 0 Å². The van der Waals surface area contributed by atoms with Gasteiger partial charge < -0.3 is 10.6 Å². The molecule has 0 radical (unpaired) electrons. The molecular formula is C17H25N3O. The summed E-state index contributed by atoms with van der Waals surface area (Å²) in [7, 11) is 0. The summed E-state index contributed by atoms with van der Waals surface area (Å²) in [6.45, 7) is 5.53. The van der Waals surface area contributed by atoms with Gasteiger partial charge in [0, 0.05) is 32.2 Å². The number of amides is 1. The van der Waals surface area contributed by atoms with Crippen LogP contribution in [-0.2, 0) is 17.8 Å². The first kappa shape index (κ1) is 14.5. The van der Waals surface area contributed by atoms with Gasteiger partial charge in [-0.2, -0.15) is 0 Å². The lowest BCUT2D eigenvalue weighted by Gasteiger charge is -2.37. The maximum absolute atomic E-state index is 12.7. The first-order valence-corrected chi connectivity index (χ1v) is 8.00. The maximum Gasteiger partial charge on any atom is 0.239 e. The van der Waals surface area contributed by atoms with Crippen LogP contribution in [0.4, 0.5) is 0 Å². The Kier molecular flexibility index (Phi) is 4.27. The van der Waals surface area contributed by atoms with Gasteiger partial charge in [-0.15, -0.1) is 0 Å². The van der Waals surface area contributed by atoms with Crippen molar-refractivity contribution in [1.29, 1.82) is 0 Å². The van der Waals surface area contributed by atoms with E-state index in [1.54, 1.807) is 0 Å². The predicted molar refractivity (Wildman–Crippen MR) is 83.8 cm³/mol. The van der Waals surface area contributed by atoms with Crippen molar-refractivity contribution >= 4 is 5.91 Å². The molecule has 1 amide bonds. The van der Waals surface area contributed by atoms with Crippen molar-refractivity contribution in [3.63, 3.8) is 0 Å². The number of carbonyl (C=O) groups excluding carboxylic acids is 1. The van der Waals surface area contributed by atoms with E-state index in [4.69, 9.17) is 5.73 Å². The zero-order chi connectivity index (χ0) is 14.8. The van der Waals surface area contributed by atoms with Gasteiger partial charge in [-0.3, -0.25) is 9.69 Å². The zero-order valence-electron chi connectivity index (χ0n) is 12.8. The van der Waals surface area contributed by atoms with Gasteiger partial charge in [0.25, 0.3) is 0 Å². The van der Waals surface area contributed by atoms with Crippen molar-refractivity contribution in [1.82, 2.24) is 9.80 Å². The number of hydrogen-bond donors (Lipinski definition) is 1. The van der Waals surface area contributed by atoms with E-state index in [2.05, 4.69) is 29.2 Å². The fraction of sp³-hybridized carbons (Fsp3) is 0.588. The molecule has 0 saturated carbocycles. The second kappa shape index (κ2) is 6.16. The summed E-state index contributed by atoms with van der Waals surface area (Å²) in [6.07, 6.45) is 2.90. The van der Waals surface area contributed by atoms with Crippen LogP contribution >= 0.6 is 0 Å². The number of carbonyl (C=O) groups is 1. The van der Waals surface area contributed by atoms with Crippen LogP contribution in [-0.4, -0.2) is 47.4 Å². The summed E-state index contributed by atoms with van der Waals surface area (Å²) < 4.78 is 0. The van der Waals surface area contributed by atoms with Crippen molar-refractivity contribution < 1.29 is 4.79 Å². The third-order valence-electron chi connectivity index (χ3n) is 4.92. The quantitative estimate of drug-likeness (QED) is 0.894. The van der Waals surface area contributed by atoms with E-state index in [9.17, 15) is 4.79 Å². The molecule has 21 heavy (non-hydrogen) atoms. The Labute approximate surface area is 126 Å². The fourth-order valence-corrected chi connectivity index (χ4v) is 3.39. The molecule has 0 spiro atoms. The topological polar surface area (TPSA) is 49.6 Å². The predicted octanol–water partition coefficient (Wildman–Crippen LogP) is 1.38. The van der Waals surface area contributed by atoms with Gasteiger partial charge in [0.2, 0.25) is 5.91 Å². The van der Waals surface area contributed by atoms with Gasteiger partial charge in [0.15, 0.2) is 0 Å². The molecule has 1 unspecified atom stereocenters. The van der Waals surface area contributed by atoms with Crippen molar-refractivity contribution in [3.05, 3.63) is 35.4 Å². The van der Waals surface area contributed by atoms with Gasteiger partial charge in [-0.25, -0.2) is 0 Å². The second-order valence-corrected chi connectivity index (χ2v) is 6.33. The van der Waals surface area contributed by atoms with E-state index in [-0.39, 0.29) is 18.0 Å². The average Bonchev–Trinajstić information content (AvgIpc) is 2.54. The molecule has 2 aliphatic rings. The smallest absolute Gasteiger partial charge is 0.239 e. The molecule has 2 heterocycles. The van der Waals surface area contributed by atoms with Gasteiger partial charge >= 0.3 is 0 Å². The van der Waals surface area contributed by atoms with Crippen molar-refractivity contribution in [2.24, 2.45) is 5.73 Å². The number of hydrogen-bond acceptors (Lipinski definition) is 3. The Morgan fingerprint density at radius 1 is 1.19 bits per heavy atom. The third kappa shape index (κ3) is 3.11. The molecule has 0 aromatic heterocycles. The Morgan fingerprint density at radius 3 is 2.57 bits per heavy atom. The van der Waals surface area contributed by atoms with Crippen LogP contribution in [0.3, 0.4) is 0 Å². The van der Waals surface area contributed by atoms with Gasteiger partial charge in [-0.05, 0) is 37.3 Å².